The van der Waals surface area contributed by atoms with Gasteiger partial charge in [0.25, 0.3) is 0 Å². The molecule has 7 heteroatoms. The first-order valence-corrected chi connectivity index (χ1v) is 7.67. The van der Waals surface area contributed by atoms with Crippen LogP contribution < -0.4 is 5.73 Å². The molecule has 0 bridgehead atoms. The zero-order chi connectivity index (χ0) is 13.3. The standard InChI is InChI=1S/C10H23NO5Si/c1-5-13-17(14-6-2,15-7-3)9(4)16-10(12)8-11/h9H,5-8,11H2,1-4H3. The predicted octanol–water partition coefficient (Wildman–Crippen LogP) is 0.464. The predicted molar refractivity (Wildman–Crippen MR) is 65.2 cm³/mol. The number of carbonyl (C=O) groups is 1. The van der Waals surface area contributed by atoms with Crippen LogP contribution in [0.2, 0.25) is 0 Å². The van der Waals surface area contributed by atoms with Crippen LogP contribution in [0.3, 0.4) is 0 Å². The number of esters is 1. The molecule has 1 atom stereocenters. The molecule has 0 saturated carbocycles. The van der Waals surface area contributed by atoms with Crippen LogP contribution in [0.5, 0.6) is 0 Å². The molecule has 0 aromatic carbocycles. The van der Waals surface area contributed by atoms with Crippen LogP contribution in [-0.2, 0) is 22.8 Å². The van der Waals surface area contributed by atoms with Crippen LogP contribution in [0, 0.1) is 0 Å². The van der Waals surface area contributed by atoms with Gasteiger partial charge in [-0.15, -0.1) is 0 Å². The summed E-state index contributed by atoms with van der Waals surface area (Å²) in [5.41, 5.74) is 4.65. The van der Waals surface area contributed by atoms with Gasteiger partial charge < -0.3 is 23.7 Å². The second-order valence-corrected chi connectivity index (χ2v) is 6.12. The molecule has 0 heterocycles. The van der Waals surface area contributed by atoms with Crippen molar-refractivity contribution in [3.63, 3.8) is 0 Å². The van der Waals surface area contributed by atoms with Crippen molar-refractivity contribution >= 4 is 14.8 Å². The Morgan fingerprint density at radius 3 is 1.82 bits per heavy atom. The largest absolute Gasteiger partial charge is 0.543 e. The SMILES string of the molecule is CCO[Si](OCC)(OCC)C(C)OC(=O)CN. The van der Waals surface area contributed by atoms with Gasteiger partial charge in [-0.25, -0.2) is 0 Å². The minimum absolute atomic E-state index is 0.167. The third kappa shape index (κ3) is 5.13. The smallest absolute Gasteiger partial charge is 0.457 e. The van der Waals surface area contributed by atoms with E-state index >= 15 is 0 Å². The Kier molecular flexibility index (Phi) is 8.35. The Labute approximate surface area is 104 Å². The van der Waals surface area contributed by atoms with E-state index in [9.17, 15) is 4.79 Å². The molecule has 0 aliphatic rings. The molecule has 0 radical (unpaired) electrons. The second-order valence-electron chi connectivity index (χ2n) is 3.24. The molecule has 2 N–H and O–H groups in total. The van der Waals surface area contributed by atoms with E-state index < -0.39 is 20.5 Å². The zero-order valence-corrected chi connectivity index (χ0v) is 12.0. The summed E-state index contributed by atoms with van der Waals surface area (Å²) in [5, 5.41) is 0. The first-order valence-electron chi connectivity index (χ1n) is 5.87. The van der Waals surface area contributed by atoms with Crippen molar-refractivity contribution in [2.24, 2.45) is 5.73 Å². The lowest BCUT2D eigenvalue weighted by molar-refractivity contribution is -0.146. The van der Waals surface area contributed by atoms with Crippen molar-refractivity contribution in [1.29, 1.82) is 0 Å². The van der Waals surface area contributed by atoms with Crippen LogP contribution in [-0.4, -0.2) is 46.9 Å². The average molecular weight is 265 g/mol. The molecular weight excluding hydrogens is 242 g/mol. The molecule has 0 aliphatic carbocycles. The highest BCUT2D eigenvalue weighted by molar-refractivity contribution is 6.62. The molecule has 0 rings (SSSR count). The summed E-state index contributed by atoms with van der Waals surface area (Å²) in [6, 6.07) is 0. The summed E-state index contributed by atoms with van der Waals surface area (Å²) < 4.78 is 21.9. The molecule has 0 aromatic rings. The van der Waals surface area contributed by atoms with Crippen LogP contribution in [0.15, 0.2) is 0 Å². The van der Waals surface area contributed by atoms with E-state index in [4.69, 9.17) is 23.7 Å². The molecule has 1 unspecified atom stereocenters. The summed E-state index contributed by atoms with van der Waals surface area (Å²) in [7, 11) is -2.98. The summed E-state index contributed by atoms with van der Waals surface area (Å²) in [6.07, 6.45) is 0. The minimum atomic E-state index is -2.98. The van der Waals surface area contributed by atoms with Gasteiger partial charge in [-0.3, -0.25) is 4.79 Å². The van der Waals surface area contributed by atoms with E-state index in [0.717, 1.165) is 0 Å². The molecular formula is C10H23NO5Si. The fourth-order valence-corrected chi connectivity index (χ4v) is 3.84. The number of hydrogen-bond acceptors (Lipinski definition) is 6. The molecule has 6 nitrogen and oxygen atoms in total. The lowest BCUT2D eigenvalue weighted by atomic mass is 10.7. The van der Waals surface area contributed by atoms with Crippen molar-refractivity contribution in [3.8, 4) is 0 Å². The zero-order valence-electron chi connectivity index (χ0n) is 11.0. The Balaban J connectivity index is 4.76. The van der Waals surface area contributed by atoms with Gasteiger partial charge in [-0.1, -0.05) is 0 Å². The van der Waals surface area contributed by atoms with E-state index in [1.54, 1.807) is 6.92 Å². The van der Waals surface area contributed by atoms with Gasteiger partial charge >= 0.3 is 14.8 Å². The fraction of sp³-hybridized carbons (Fsp3) is 0.900. The number of nitrogens with two attached hydrogens (primary N) is 1. The maximum absolute atomic E-state index is 11.2. The normalized spacial score (nSPS) is 13.5. The third-order valence-corrected chi connectivity index (χ3v) is 5.20. The molecule has 0 aliphatic heterocycles. The molecule has 0 spiro atoms. The molecule has 0 amide bonds. The van der Waals surface area contributed by atoms with E-state index in [1.807, 2.05) is 20.8 Å². The lowest BCUT2D eigenvalue weighted by Crippen LogP contribution is -2.57. The topological polar surface area (TPSA) is 80.0 Å². The van der Waals surface area contributed by atoms with Crippen LogP contribution in [0.1, 0.15) is 27.7 Å². The average Bonchev–Trinajstić information content (AvgIpc) is 2.29. The molecule has 0 aromatic heterocycles. The first kappa shape index (κ1) is 16.5. The van der Waals surface area contributed by atoms with Crippen molar-refractivity contribution in [3.05, 3.63) is 0 Å². The monoisotopic (exact) mass is 265 g/mol. The van der Waals surface area contributed by atoms with Gasteiger partial charge in [-0.2, -0.15) is 0 Å². The summed E-state index contributed by atoms with van der Waals surface area (Å²) in [4.78, 5) is 11.2. The Morgan fingerprint density at radius 2 is 1.53 bits per heavy atom. The Morgan fingerprint density at radius 1 is 1.12 bits per heavy atom. The second kappa shape index (κ2) is 8.59. The summed E-state index contributed by atoms with van der Waals surface area (Å²) in [5.74, 6) is -0.492. The minimum Gasteiger partial charge on any atom is -0.457 e. The van der Waals surface area contributed by atoms with E-state index in [-0.39, 0.29) is 6.54 Å². The number of carbonyl (C=O) groups excluding carboxylic acids is 1. The van der Waals surface area contributed by atoms with Crippen LogP contribution in [0.4, 0.5) is 0 Å². The van der Waals surface area contributed by atoms with Crippen molar-refractivity contribution < 1.29 is 22.8 Å². The fourth-order valence-electron chi connectivity index (χ4n) is 1.40. The Hall–Kier alpha value is -0.473. The molecule has 17 heavy (non-hydrogen) atoms. The third-order valence-electron chi connectivity index (χ3n) is 2.01. The van der Waals surface area contributed by atoms with Gasteiger partial charge in [0, 0.05) is 19.8 Å². The van der Waals surface area contributed by atoms with Gasteiger partial charge in [0.05, 0.1) is 6.54 Å². The highest BCUT2D eigenvalue weighted by atomic mass is 28.4. The van der Waals surface area contributed by atoms with E-state index in [1.165, 1.54) is 0 Å². The number of hydrogen-bond donors (Lipinski definition) is 1. The highest BCUT2D eigenvalue weighted by Crippen LogP contribution is 2.17. The van der Waals surface area contributed by atoms with Crippen molar-refractivity contribution in [2.45, 2.75) is 33.4 Å². The van der Waals surface area contributed by atoms with Gasteiger partial charge in [0.15, 0.2) is 5.73 Å². The van der Waals surface area contributed by atoms with Crippen molar-refractivity contribution in [1.82, 2.24) is 0 Å². The number of rotatable bonds is 9. The van der Waals surface area contributed by atoms with Gasteiger partial charge in [-0.05, 0) is 27.7 Å². The van der Waals surface area contributed by atoms with Crippen LogP contribution >= 0.6 is 0 Å². The maximum Gasteiger partial charge on any atom is 0.543 e. The first-order chi connectivity index (χ1) is 8.06. The molecule has 0 fully saturated rings. The number of ether oxygens (including phenoxy) is 1. The van der Waals surface area contributed by atoms with E-state index in [2.05, 4.69) is 0 Å². The van der Waals surface area contributed by atoms with Crippen LogP contribution in [0.25, 0.3) is 0 Å². The van der Waals surface area contributed by atoms with E-state index in [0.29, 0.717) is 19.8 Å². The summed E-state index contributed by atoms with van der Waals surface area (Å²) in [6.45, 7) is 8.40. The Bertz CT molecular complexity index is 210. The highest BCUT2D eigenvalue weighted by Gasteiger charge is 2.49. The maximum atomic E-state index is 11.2. The van der Waals surface area contributed by atoms with Gasteiger partial charge in [0.1, 0.15) is 0 Å². The molecule has 0 saturated heterocycles. The van der Waals surface area contributed by atoms with Gasteiger partial charge in [0.2, 0.25) is 0 Å². The quantitative estimate of drug-likeness (QED) is 0.482. The lowest BCUT2D eigenvalue weighted by Gasteiger charge is -2.32. The molecule has 102 valence electrons. The summed E-state index contributed by atoms with van der Waals surface area (Å²) >= 11 is 0. The van der Waals surface area contributed by atoms with Crippen molar-refractivity contribution in [2.75, 3.05) is 26.4 Å².